The molecular weight excluding hydrogens is 268 g/mol. The molecule has 1 N–H and O–H groups in total. The summed E-state index contributed by atoms with van der Waals surface area (Å²) in [7, 11) is 0. The van der Waals surface area contributed by atoms with Gasteiger partial charge in [-0.3, -0.25) is 4.79 Å². The van der Waals surface area contributed by atoms with Crippen LogP contribution in [0.5, 0.6) is 0 Å². The van der Waals surface area contributed by atoms with Crippen LogP contribution in [-0.4, -0.2) is 22.7 Å². The Hall–Kier alpha value is -1.55. The zero-order valence-electron chi connectivity index (χ0n) is 12.1. The Labute approximate surface area is 124 Å². The average molecular weight is 288 g/mol. The van der Waals surface area contributed by atoms with Crippen molar-refractivity contribution >= 4 is 28.6 Å². The molecule has 0 unspecified atom stereocenters. The maximum Gasteiger partial charge on any atom is 0.230 e. The molecule has 0 saturated carbocycles. The fourth-order valence-electron chi connectivity index (χ4n) is 1.95. The minimum atomic E-state index is 0.0666. The van der Waals surface area contributed by atoms with Crippen LogP contribution in [0.1, 0.15) is 25.8 Å². The summed E-state index contributed by atoms with van der Waals surface area (Å²) in [6.45, 7) is 6.15. The van der Waals surface area contributed by atoms with E-state index < -0.39 is 0 Å². The van der Waals surface area contributed by atoms with Crippen molar-refractivity contribution in [3.63, 3.8) is 0 Å². The predicted octanol–water partition coefficient (Wildman–Crippen LogP) is 3.55. The standard InChI is InChI=1S/C16H20N2OS/c1-4-12(3)17-15(19)10-20-16-9-11(2)13-7-5-6-8-14(13)18-16/h5-9,12H,4,10H2,1-3H3,(H,17,19)/t12-/m0/s1. The normalized spacial score (nSPS) is 12.3. The van der Waals surface area contributed by atoms with Crippen LogP contribution in [0.4, 0.5) is 0 Å². The third-order valence-electron chi connectivity index (χ3n) is 3.27. The summed E-state index contributed by atoms with van der Waals surface area (Å²) >= 11 is 1.49. The Bertz CT molecular complexity index is 612. The minimum absolute atomic E-state index is 0.0666. The first-order valence-electron chi connectivity index (χ1n) is 6.88. The molecule has 2 aromatic rings. The first-order chi connectivity index (χ1) is 9.60. The first kappa shape index (κ1) is 14.9. The van der Waals surface area contributed by atoms with Gasteiger partial charge in [0.25, 0.3) is 0 Å². The summed E-state index contributed by atoms with van der Waals surface area (Å²) in [5, 5.41) is 5.03. The quantitative estimate of drug-likeness (QED) is 0.856. The first-order valence-corrected chi connectivity index (χ1v) is 7.87. The highest BCUT2D eigenvalue weighted by atomic mass is 32.2. The number of aryl methyl sites for hydroxylation is 1. The fourth-order valence-corrected chi connectivity index (χ4v) is 2.74. The lowest BCUT2D eigenvalue weighted by atomic mass is 10.1. The number of carbonyl (C=O) groups is 1. The molecule has 4 heteroatoms. The van der Waals surface area contributed by atoms with Gasteiger partial charge in [-0.2, -0.15) is 0 Å². The van der Waals surface area contributed by atoms with E-state index in [9.17, 15) is 4.79 Å². The van der Waals surface area contributed by atoms with Gasteiger partial charge in [0, 0.05) is 11.4 Å². The van der Waals surface area contributed by atoms with Crippen molar-refractivity contribution in [1.29, 1.82) is 0 Å². The molecule has 0 spiro atoms. The number of benzene rings is 1. The number of para-hydroxylation sites is 1. The summed E-state index contributed by atoms with van der Waals surface area (Å²) in [5.41, 5.74) is 2.18. The Kier molecular flexibility index (Phi) is 5.01. The van der Waals surface area contributed by atoms with Crippen LogP contribution in [0.25, 0.3) is 10.9 Å². The van der Waals surface area contributed by atoms with Gasteiger partial charge in [0.05, 0.1) is 16.3 Å². The monoisotopic (exact) mass is 288 g/mol. The minimum Gasteiger partial charge on any atom is -0.353 e. The van der Waals surface area contributed by atoms with E-state index in [1.54, 1.807) is 0 Å². The summed E-state index contributed by atoms with van der Waals surface area (Å²) in [6.07, 6.45) is 0.948. The van der Waals surface area contributed by atoms with E-state index in [4.69, 9.17) is 0 Å². The van der Waals surface area contributed by atoms with Gasteiger partial charge in [0.2, 0.25) is 5.91 Å². The van der Waals surface area contributed by atoms with E-state index in [1.807, 2.05) is 31.2 Å². The lowest BCUT2D eigenvalue weighted by Crippen LogP contribution is -2.33. The maximum atomic E-state index is 11.8. The second-order valence-electron chi connectivity index (χ2n) is 4.96. The van der Waals surface area contributed by atoms with Gasteiger partial charge in [-0.15, -0.1) is 0 Å². The Morgan fingerprint density at radius 3 is 2.90 bits per heavy atom. The molecule has 0 bridgehead atoms. The molecule has 0 aliphatic rings. The highest BCUT2D eigenvalue weighted by Crippen LogP contribution is 2.23. The van der Waals surface area contributed by atoms with Crippen molar-refractivity contribution in [3.8, 4) is 0 Å². The molecule has 0 saturated heterocycles. The molecule has 3 nitrogen and oxygen atoms in total. The number of fused-ring (bicyclic) bond motifs is 1. The van der Waals surface area contributed by atoms with Crippen LogP contribution < -0.4 is 5.32 Å². The molecule has 0 aliphatic heterocycles. The second-order valence-corrected chi connectivity index (χ2v) is 5.96. The highest BCUT2D eigenvalue weighted by molar-refractivity contribution is 7.99. The largest absolute Gasteiger partial charge is 0.353 e. The Balaban J connectivity index is 2.05. The van der Waals surface area contributed by atoms with Crippen molar-refractivity contribution in [3.05, 3.63) is 35.9 Å². The van der Waals surface area contributed by atoms with E-state index in [-0.39, 0.29) is 11.9 Å². The van der Waals surface area contributed by atoms with Crippen LogP contribution >= 0.6 is 11.8 Å². The van der Waals surface area contributed by atoms with E-state index in [0.29, 0.717) is 5.75 Å². The van der Waals surface area contributed by atoms with Crippen LogP contribution in [-0.2, 0) is 4.79 Å². The van der Waals surface area contributed by atoms with E-state index >= 15 is 0 Å². The van der Waals surface area contributed by atoms with E-state index in [0.717, 1.165) is 17.0 Å². The number of nitrogens with one attached hydrogen (secondary N) is 1. The number of hydrogen-bond donors (Lipinski definition) is 1. The number of rotatable bonds is 5. The Morgan fingerprint density at radius 1 is 1.40 bits per heavy atom. The molecule has 1 heterocycles. The van der Waals surface area contributed by atoms with Gasteiger partial charge in [0.15, 0.2) is 0 Å². The lowest BCUT2D eigenvalue weighted by Gasteiger charge is -2.11. The van der Waals surface area contributed by atoms with E-state index in [2.05, 4.69) is 30.2 Å². The topological polar surface area (TPSA) is 42.0 Å². The van der Waals surface area contributed by atoms with Gasteiger partial charge < -0.3 is 5.32 Å². The summed E-state index contributed by atoms with van der Waals surface area (Å²) < 4.78 is 0. The number of aromatic nitrogens is 1. The zero-order valence-corrected chi connectivity index (χ0v) is 13.0. The van der Waals surface area contributed by atoms with Crippen molar-refractivity contribution in [1.82, 2.24) is 10.3 Å². The number of hydrogen-bond acceptors (Lipinski definition) is 3. The summed E-state index contributed by atoms with van der Waals surface area (Å²) in [6, 6.07) is 10.4. The third-order valence-corrected chi connectivity index (χ3v) is 4.18. The number of pyridine rings is 1. The van der Waals surface area contributed by atoms with Gasteiger partial charge in [-0.05, 0) is 38.0 Å². The molecule has 1 amide bonds. The lowest BCUT2D eigenvalue weighted by molar-refractivity contribution is -0.119. The van der Waals surface area contributed by atoms with Crippen LogP contribution in [0.15, 0.2) is 35.4 Å². The molecule has 0 radical (unpaired) electrons. The van der Waals surface area contributed by atoms with Crippen molar-refractivity contribution in [2.75, 3.05) is 5.75 Å². The fraction of sp³-hybridized carbons (Fsp3) is 0.375. The number of amides is 1. The molecule has 106 valence electrons. The summed E-state index contributed by atoms with van der Waals surface area (Å²) in [5.74, 6) is 0.478. The molecular formula is C16H20N2OS. The molecule has 1 atom stereocenters. The Morgan fingerprint density at radius 2 is 2.15 bits per heavy atom. The SMILES string of the molecule is CC[C@H](C)NC(=O)CSc1cc(C)c2ccccc2n1. The second kappa shape index (κ2) is 6.75. The highest BCUT2D eigenvalue weighted by Gasteiger charge is 2.08. The molecule has 1 aromatic carbocycles. The van der Waals surface area contributed by atoms with Gasteiger partial charge in [-0.25, -0.2) is 4.98 Å². The molecule has 20 heavy (non-hydrogen) atoms. The molecule has 0 fully saturated rings. The maximum absolute atomic E-state index is 11.8. The number of nitrogens with zero attached hydrogens (tertiary/aromatic N) is 1. The van der Waals surface area contributed by atoms with Crippen molar-refractivity contribution < 1.29 is 4.79 Å². The van der Waals surface area contributed by atoms with Gasteiger partial charge in [0.1, 0.15) is 0 Å². The smallest absolute Gasteiger partial charge is 0.230 e. The molecule has 0 aliphatic carbocycles. The average Bonchev–Trinajstić information content (AvgIpc) is 2.45. The summed E-state index contributed by atoms with van der Waals surface area (Å²) in [4.78, 5) is 16.4. The predicted molar refractivity (Wildman–Crippen MR) is 85.1 cm³/mol. The molecule has 1 aromatic heterocycles. The number of carbonyl (C=O) groups excluding carboxylic acids is 1. The van der Waals surface area contributed by atoms with Crippen molar-refractivity contribution in [2.24, 2.45) is 0 Å². The molecule has 2 rings (SSSR count). The third kappa shape index (κ3) is 3.73. The van der Waals surface area contributed by atoms with Crippen LogP contribution in [0.3, 0.4) is 0 Å². The van der Waals surface area contributed by atoms with Crippen LogP contribution in [0.2, 0.25) is 0 Å². The van der Waals surface area contributed by atoms with Crippen LogP contribution in [0, 0.1) is 6.92 Å². The zero-order chi connectivity index (χ0) is 14.5. The van der Waals surface area contributed by atoms with Gasteiger partial charge >= 0.3 is 0 Å². The van der Waals surface area contributed by atoms with Gasteiger partial charge in [-0.1, -0.05) is 36.9 Å². The number of thioether (sulfide) groups is 1. The van der Waals surface area contributed by atoms with Crippen molar-refractivity contribution in [2.45, 2.75) is 38.3 Å². The van der Waals surface area contributed by atoms with E-state index in [1.165, 1.54) is 22.7 Å².